The van der Waals surface area contributed by atoms with Crippen molar-refractivity contribution in [2.24, 2.45) is 0 Å². The minimum absolute atomic E-state index is 0.0299. The summed E-state index contributed by atoms with van der Waals surface area (Å²) < 4.78 is 24.6. The molecule has 0 radical (unpaired) electrons. The lowest BCUT2D eigenvalue weighted by molar-refractivity contribution is -0.219. The molecule has 5 heteroatoms. The minimum atomic E-state index is -2.53. The van der Waals surface area contributed by atoms with E-state index in [0.717, 1.165) is 24.2 Å². The molecule has 4 rings (SSSR count). The Hall–Kier alpha value is -2.44. The second-order valence-corrected chi connectivity index (χ2v) is 14.1. The molecular formula is C29H36O4Si. The standard InChI is InChI=1S/C29H36O4Si/c1-29(2,3)34(26-11-7-5-8-12-26,27-13-9-6-10-14-27)32-22-20-25-19-21-31-28(33-25)23-15-17-24(30-4)18-16-23/h5-18,25,28H,19-22H2,1-4H3. The first-order valence-electron chi connectivity index (χ1n) is 12.1. The van der Waals surface area contributed by atoms with Gasteiger partial charge >= 0.3 is 0 Å². The van der Waals surface area contributed by atoms with Gasteiger partial charge in [-0.15, -0.1) is 0 Å². The molecule has 0 saturated carbocycles. The van der Waals surface area contributed by atoms with Crippen LogP contribution in [0.2, 0.25) is 5.04 Å². The third kappa shape index (κ3) is 5.28. The van der Waals surface area contributed by atoms with Crippen LogP contribution in [0.3, 0.4) is 0 Å². The highest BCUT2D eigenvalue weighted by Crippen LogP contribution is 2.37. The van der Waals surface area contributed by atoms with E-state index in [0.29, 0.717) is 13.2 Å². The minimum Gasteiger partial charge on any atom is -0.497 e. The van der Waals surface area contributed by atoms with E-state index in [1.54, 1.807) is 7.11 Å². The number of rotatable bonds is 8. The van der Waals surface area contributed by atoms with Crippen LogP contribution in [-0.2, 0) is 13.9 Å². The van der Waals surface area contributed by atoms with Crippen LogP contribution >= 0.6 is 0 Å². The molecular weight excluding hydrogens is 440 g/mol. The molecule has 1 saturated heterocycles. The molecule has 4 nitrogen and oxygen atoms in total. The van der Waals surface area contributed by atoms with Crippen molar-refractivity contribution in [3.05, 3.63) is 90.5 Å². The molecule has 3 aromatic carbocycles. The smallest absolute Gasteiger partial charge is 0.261 e. The third-order valence-corrected chi connectivity index (χ3v) is 11.6. The Bertz CT molecular complexity index is 976. The van der Waals surface area contributed by atoms with Gasteiger partial charge in [0.2, 0.25) is 0 Å². The van der Waals surface area contributed by atoms with Crippen molar-refractivity contribution in [3.63, 3.8) is 0 Å². The fraction of sp³-hybridized carbons (Fsp3) is 0.379. The molecule has 34 heavy (non-hydrogen) atoms. The molecule has 0 aromatic heterocycles. The fourth-order valence-electron chi connectivity index (χ4n) is 4.84. The normalized spacial score (nSPS) is 19.1. The first-order valence-corrected chi connectivity index (χ1v) is 14.0. The van der Waals surface area contributed by atoms with Crippen LogP contribution in [0.15, 0.2) is 84.9 Å². The molecule has 0 spiro atoms. The first kappa shape index (κ1) is 24.7. The molecule has 2 unspecified atom stereocenters. The van der Waals surface area contributed by atoms with Crippen molar-refractivity contribution < 1.29 is 18.6 Å². The molecule has 1 aliphatic rings. The fourth-order valence-corrected chi connectivity index (χ4v) is 9.42. The van der Waals surface area contributed by atoms with Crippen LogP contribution < -0.4 is 15.1 Å². The Balaban J connectivity index is 1.51. The van der Waals surface area contributed by atoms with Gasteiger partial charge in [0.05, 0.1) is 19.8 Å². The average molecular weight is 477 g/mol. The summed E-state index contributed by atoms with van der Waals surface area (Å²) in [5.41, 5.74) is 1.01. The van der Waals surface area contributed by atoms with Gasteiger partial charge in [0.15, 0.2) is 6.29 Å². The van der Waals surface area contributed by atoms with E-state index in [9.17, 15) is 0 Å². The van der Waals surface area contributed by atoms with Crippen molar-refractivity contribution in [3.8, 4) is 5.75 Å². The molecule has 1 aliphatic heterocycles. The van der Waals surface area contributed by atoms with E-state index < -0.39 is 8.32 Å². The highest BCUT2D eigenvalue weighted by molar-refractivity contribution is 6.99. The topological polar surface area (TPSA) is 36.9 Å². The number of benzene rings is 3. The lowest BCUT2D eigenvalue weighted by atomic mass is 10.1. The predicted octanol–water partition coefficient (Wildman–Crippen LogP) is 5.47. The largest absolute Gasteiger partial charge is 0.497 e. The molecule has 1 fully saturated rings. The maximum absolute atomic E-state index is 7.04. The SMILES string of the molecule is COc1ccc(C2OCCC(CCO[Si](c3ccccc3)(c3ccccc3)C(C)(C)C)O2)cc1. The lowest BCUT2D eigenvalue weighted by Gasteiger charge is -2.43. The zero-order valence-corrected chi connectivity index (χ0v) is 21.7. The Morgan fingerprint density at radius 1 is 0.853 bits per heavy atom. The van der Waals surface area contributed by atoms with Crippen molar-refractivity contribution in [2.75, 3.05) is 20.3 Å². The summed E-state index contributed by atoms with van der Waals surface area (Å²) in [4.78, 5) is 0. The quantitative estimate of drug-likeness (QED) is 0.404. The molecule has 2 atom stereocenters. The molecule has 3 aromatic rings. The van der Waals surface area contributed by atoms with E-state index in [4.69, 9.17) is 18.6 Å². The number of methoxy groups -OCH3 is 1. The van der Waals surface area contributed by atoms with Gasteiger partial charge in [-0.2, -0.15) is 0 Å². The third-order valence-electron chi connectivity index (χ3n) is 6.59. The van der Waals surface area contributed by atoms with E-state index in [2.05, 4.69) is 81.4 Å². The first-order chi connectivity index (χ1) is 16.4. The zero-order chi connectivity index (χ0) is 24.0. The average Bonchev–Trinajstić information content (AvgIpc) is 2.87. The Kier molecular flexibility index (Phi) is 7.89. The van der Waals surface area contributed by atoms with E-state index in [1.807, 2.05) is 24.3 Å². The summed E-state index contributed by atoms with van der Waals surface area (Å²) in [6.07, 6.45) is 1.45. The Morgan fingerprint density at radius 3 is 1.97 bits per heavy atom. The Morgan fingerprint density at radius 2 is 1.44 bits per heavy atom. The molecule has 1 heterocycles. The van der Waals surface area contributed by atoms with Crippen molar-refractivity contribution >= 4 is 18.7 Å². The van der Waals surface area contributed by atoms with Gasteiger partial charge in [-0.05, 0) is 40.4 Å². The highest BCUT2D eigenvalue weighted by atomic mass is 28.4. The zero-order valence-electron chi connectivity index (χ0n) is 20.7. The van der Waals surface area contributed by atoms with Crippen LogP contribution in [0.4, 0.5) is 0 Å². The molecule has 180 valence electrons. The van der Waals surface area contributed by atoms with E-state index in [-0.39, 0.29) is 17.4 Å². The number of hydrogen-bond donors (Lipinski definition) is 0. The van der Waals surface area contributed by atoms with Crippen molar-refractivity contribution in [1.82, 2.24) is 0 Å². The van der Waals surface area contributed by atoms with Gasteiger partial charge in [-0.3, -0.25) is 0 Å². The summed E-state index contributed by atoms with van der Waals surface area (Å²) in [6.45, 7) is 8.26. The molecule has 0 N–H and O–H groups in total. The van der Waals surface area contributed by atoms with Gasteiger partial charge in [0, 0.05) is 12.2 Å². The summed E-state index contributed by atoms with van der Waals surface area (Å²) >= 11 is 0. The van der Waals surface area contributed by atoms with E-state index in [1.165, 1.54) is 10.4 Å². The van der Waals surface area contributed by atoms with Crippen LogP contribution in [-0.4, -0.2) is 34.7 Å². The summed E-state index contributed by atoms with van der Waals surface area (Å²) in [5, 5.41) is 2.58. The van der Waals surface area contributed by atoms with Gasteiger partial charge < -0.3 is 18.6 Å². The van der Waals surface area contributed by atoms with Gasteiger partial charge in [-0.1, -0.05) is 93.6 Å². The summed E-state index contributed by atoms with van der Waals surface area (Å²) in [7, 11) is -0.855. The van der Waals surface area contributed by atoms with Gasteiger partial charge in [-0.25, -0.2) is 0 Å². The maximum atomic E-state index is 7.04. The molecule has 0 amide bonds. The summed E-state index contributed by atoms with van der Waals surface area (Å²) in [6, 6.07) is 29.5. The molecule has 0 aliphatic carbocycles. The van der Waals surface area contributed by atoms with E-state index >= 15 is 0 Å². The summed E-state index contributed by atoms with van der Waals surface area (Å²) in [5.74, 6) is 0.829. The lowest BCUT2D eigenvalue weighted by Crippen LogP contribution is -2.66. The predicted molar refractivity (Wildman–Crippen MR) is 139 cm³/mol. The van der Waals surface area contributed by atoms with Crippen LogP contribution in [0.1, 0.15) is 45.5 Å². The maximum Gasteiger partial charge on any atom is 0.261 e. The van der Waals surface area contributed by atoms with Crippen LogP contribution in [0, 0.1) is 0 Å². The van der Waals surface area contributed by atoms with Crippen LogP contribution in [0.25, 0.3) is 0 Å². The monoisotopic (exact) mass is 476 g/mol. The number of hydrogen-bond acceptors (Lipinski definition) is 4. The van der Waals surface area contributed by atoms with Crippen LogP contribution in [0.5, 0.6) is 5.75 Å². The van der Waals surface area contributed by atoms with Gasteiger partial charge in [0.1, 0.15) is 5.75 Å². The van der Waals surface area contributed by atoms with Crippen molar-refractivity contribution in [1.29, 1.82) is 0 Å². The Labute approximate surface area is 205 Å². The molecule has 0 bridgehead atoms. The second kappa shape index (κ2) is 10.9. The number of ether oxygens (including phenoxy) is 3. The van der Waals surface area contributed by atoms with Crippen molar-refractivity contribution in [2.45, 2.75) is 51.0 Å². The highest BCUT2D eigenvalue weighted by Gasteiger charge is 2.50. The van der Waals surface area contributed by atoms with Gasteiger partial charge in [0.25, 0.3) is 8.32 Å². The second-order valence-electron chi connectivity index (χ2n) is 9.82.